The van der Waals surface area contributed by atoms with Gasteiger partial charge < -0.3 is 19.5 Å². The summed E-state index contributed by atoms with van der Waals surface area (Å²) in [6.07, 6.45) is 3.53. The number of carbonyl (C=O) groups excluding carboxylic acids is 1. The molecule has 0 saturated heterocycles. The number of nitrogens with one attached hydrogen (secondary N) is 1. The Morgan fingerprint density at radius 1 is 1.46 bits per heavy atom. The van der Waals surface area contributed by atoms with Gasteiger partial charge in [0.25, 0.3) is 5.91 Å². The maximum absolute atomic E-state index is 13.0. The zero-order valence-corrected chi connectivity index (χ0v) is 16.9. The van der Waals surface area contributed by atoms with Gasteiger partial charge in [-0.05, 0) is 57.2 Å². The minimum atomic E-state index is -0.749. The number of hydrogen-bond acceptors (Lipinski definition) is 4. The van der Waals surface area contributed by atoms with E-state index in [1.807, 2.05) is 13.8 Å². The van der Waals surface area contributed by atoms with Crippen molar-refractivity contribution < 1.29 is 19.0 Å². The summed E-state index contributed by atoms with van der Waals surface area (Å²) in [4.78, 5) is 13.0. The minimum absolute atomic E-state index is 0.0941. The molecule has 0 aromatic heterocycles. The molecule has 1 fully saturated rings. The molecule has 0 radical (unpaired) electrons. The number of rotatable bonds is 8. The Morgan fingerprint density at radius 3 is 2.85 bits per heavy atom. The number of methoxy groups -OCH3 is 1. The Labute approximate surface area is 161 Å². The third kappa shape index (κ3) is 5.35. The van der Waals surface area contributed by atoms with Crippen LogP contribution in [0.15, 0.2) is 18.2 Å². The van der Waals surface area contributed by atoms with Gasteiger partial charge in [-0.3, -0.25) is 4.79 Å². The van der Waals surface area contributed by atoms with Gasteiger partial charge in [0.2, 0.25) is 0 Å². The molecule has 26 heavy (non-hydrogen) atoms. The quantitative estimate of drug-likeness (QED) is 0.708. The van der Waals surface area contributed by atoms with E-state index in [1.54, 1.807) is 25.3 Å². The highest BCUT2D eigenvalue weighted by Crippen LogP contribution is 2.37. The Bertz CT molecular complexity index is 605. The first-order valence-electron chi connectivity index (χ1n) is 9.30. The molecule has 0 heterocycles. The lowest BCUT2D eigenvalue weighted by molar-refractivity contribution is -0.147. The van der Waals surface area contributed by atoms with Gasteiger partial charge >= 0.3 is 0 Å². The summed E-state index contributed by atoms with van der Waals surface area (Å²) in [5.74, 6) is 0.950. The Balaban J connectivity index is 2.09. The molecular weight excluding hydrogens is 354 g/mol. The lowest BCUT2D eigenvalue weighted by Gasteiger charge is -2.38. The van der Waals surface area contributed by atoms with Crippen LogP contribution in [-0.4, -0.2) is 37.9 Å². The van der Waals surface area contributed by atoms with Crippen LogP contribution in [0.3, 0.4) is 0 Å². The molecule has 1 aromatic carbocycles. The summed E-state index contributed by atoms with van der Waals surface area (Å²) in [6.45, 7) is 7.00. The van der Waals surface area contributed by atoms with E-state index >= 15 is 0 Å². The van der Waals surface area contributed by atoms with Crippen LogP contribution >= 0.6 is 11.6 Å². The predicted molar refractivity (Wildman–Crippen MR) is 104 cm³/mol. The van der Waals surface area contributed by atoms with Gasteiger partial charge in [-0.15, -0.1) is 0 Å². The molecule has 0 unspecified atom stereocenters. The molecule has 1 aromatic rings. The second-order valence-corrected chi connectivity index (χ2v) is 7.52. The fourth-order valence-electron chi connectivity index (χ4n) is 3.59. The molecule has 0 aliphatic heterocycles. The van der Waals surface area contributed by atoms with E-state index in [-0.39, 0.29) is 12.0 Å². The molecular formula is C20H30ClNO4. The van der Waals surface area contributed by atoms with Gasteiger partial charge in [0.15, 0.2) is 0 Å². The molecule has 1 aliphatic carbocycles. The van der Waals surface area contributed by atoms with E-state index in [4.69, 9.17) is 25.8 Å². The van der Waals surface area contributed by atoms with Gasteiger partial charge in [-0.1, -0.05) is 24.9 Å². The normalized spacial score (nSPS) is 24.1. The predicted octanol–water partition coefficient (Wildman–Crippen LogP) is 4.68. The number of benzene rings is 1. The second-order valence-electron chi connectivity index (χ2n) is 7.11. The fraction of sp³-hybridized carbons (Fsp3) is 0.650. The Morgan fingerprint density at radius 2 is 2.23 bits per heavy atom. The Hall–Kier alpha value is -1.30. The van der Waals surface area contributed by atoms with Crippen molar-refractivity contribution in [1.29, 1.82) is 0 Å². The summed E-state index contributed by atoms with van der Waals surface area (Å²) in [7, 11) is 1.63. The maximum Gasteiger partial charge on any atom is 0.256 e. The van der Waals surface area contributed by atoms with Crippen LogP contribution in [0.1, 0.15) is 46.5 Å². The van der Waals surface area contributed by atoms with Crippen LogP contribution in [0.5, 0.6) is 5.75 Å². The number of anilines is 1. The molecule has 1 saturated carbocycles. The standard InChI is InChI=1S/C20H30ClNO4/c1-5-25-20(10-6-7-14(2)12-20)19(23)22-16-8-9-18(17(21)11-16)26-15(3)13-24-4/h8-9,11,14-15H,5-7,10,12-13H2,1-4H3,(H,22,23)/t14-,15-,20+/m0/s1. The smallest absolute Gasteiger partial charge is 0.256 e. The van der Waals surface area contributed by atoms with Crippen LogP contribution in [-0.2, 0) is 14.3 Å². The number of carbonyl (C=O) groups is 1. The van der Waals surface area contributed by atoms with E-state index in [0.717, 1.165) is 25.7 Å². The third-order valence-corrected chi connectivity index (χ3v) is 5.00. The van der Waals surface area contributed by atoms with Crippen molar-refractivity contribution >= 4 is 23.2 Å². The van der Waals surface area contributed by atoms with Crippen molar-refractivity contribution in [2.24, 2.45) is 5.92 Å². The molecule has 3 atom stereocenters. The molecule has 0 spiro atoms. The topological polar surface area (TPSA) is 56.8 Å². The molecule has 146 valence electrons. The number of amides is 1. The molecule has 6 heteroatoms. The first-order valence-corrected chi connectivity index (χ1v) is 9.68. The summed E-state index contributed by atoms with van der Waals surface area (Å²) < 4.78 is 16.7. The average Bonchev–Trinajstić information content (AvgIpc) is 2.58. The van der Waals surface area contributed by atoms with Gasteiger partial charge in [-0.25, -0.2) is 0 Å². The van der Waals surface area contributed by atoms with Crippen LogP contribution in [0.25, 0.3) is 0 Å². The molecule has 1 amide bonds. The maximum atomic E-state index is 13.0. The van der Waals surface area contributed by atoms with E-state index in [9.17, 15) is 4.79 Å². The largest absolute Gasteiger partial charge is 0.487 e. The van der Waals surface area contributed by atoms with Crippen molar-refractivity contribution in [3.8, 4) is 5.75 Å². The van der Waals surface area contributed by atoms with Crippen LogP contribution in [0.2, 0.25) is 5.02 Å². The molecule has 0 bridgehead atoms. The van der Waals surface area contributed by atoms with Crippen molar-refractivity contribution in [1.82, 2.24) is 0 Å². The zero-order valence-electron chi connectivity index (χ0n) is 16.1. The van der Waals surface area contributed by atoms with Crippen molar-refractivity contribution in [2.45, 2.75) is 58.2 Å². The highest BCUT2D eigenvalue weighted by molar-refractivity contribution is 6.32. The van der Waals surface area contributed by atoms with Crippen molar-refractivity contribution in [2.75, 3.05) is 25.6 Å². The summed E-state index contributed by atoms with van der Waals surface area (Å²) in [5.41, 5.74) is -0.106. The molecule has 5 nitrogen and oxygen atoms in total. The number of hydrogen-bond donors (Lipinski definition) is 1. The van der Waals surface area contributed by atoms with Crippen molar-refractivity contribution in [3.63, 3.8) is 0 Å². The van der Waals surface area contributed by atoms with Crippen LogP contribution in [0, 0.1) is 5.92 Å². The summed E-state index contributed by atoms with van der Waals surface area (Å²) in [5, 5.41) is 3.43. The highest BCUT2D eigenvalue weighted by atomic mass is 35.5. The lowest BCUT2D eigenvalue weighted by atomic mass is 9.78. The highest BCUT2D eigenvalue weighted by Gasteiger charge is 2.42. The molecule has 1 aliphatic rings. The first kappa shape index (κ1) is 21.0. The minimum Gasteiger partial charge on any atom is -0.487 e. The van der Waals surface area contributed by atoms with Crippen LogP contribution < -0.4 is 10.1 Å². The third-order valence-electron chi connectivity index (χ3n) is 4.71. The van der Waals surface area contributed by atoms with E-state index in [1.165, 1.54) is 0 Å². The number of halogens is 1. The average molecular weight is 384 g/mol. The molecule has 2 rings (SSSR count). The Kier molecular flexibility index (Phi) is 7.74. The van der Waals surface area contributed by atoms with E-state index in [0.29, 0.717) is 35.6 Å². The summed E-state index contributed by atoms with van der Waals surface area (Å²) in [6, 6.07) is 5.27. The van der Waals surface area contributed by atoms with Gasteiger partial charge in [-0.2, -0.15) is 0 Å². The van der Waals surface area contributed by atoms with E-state index < -0.39 is 5.60 Å². The van der Waals surface area contributed by atoms with Gasteiger partial charge in [0, 0.05) is 19.4 Å². The van der Waals surface area contributed by atoms with Crippen LogP contribution in [0.4, 0.5) is 5.69 Å². The van der Waals surface area contributed by atoms with Gasteiger partial charge in [0.05, 0.1) is 11.6 Å². The monoisotopic (exact) mass is 383 g/mol. The number of ether oxygens (including phenoxy) is 3. The first-order chi connectivity index (χ1) is 12.4. The molecule has 1 N–H and O–H groups in total. The lowest BCUT2D eigenvalue weighted by Crippen LogP contribution is -2.48. The SMILES string of the molecule is CCO[C@]1(C(=O)Nc2ccc(O[C@@H](C)COC)c(Cl)c2)CCC[C@H](C)C1. The van der Waals surface area contributed by atoms with Gasteiger partial charge in [0.1, 0.15) is 17.5 Å². The van der Waals surface area contributed by atoms with E-state index in [2.05, 4.69) is 12.2 Å². The second kappa shape index (κ2) is 9.58. The summed E-state index contributed by atoms with van der Waals surface area (Å²) >= 11 is 6.31. The zero-order chi connectivity index (χ0) is 19.2. The fourth-order valence-corrected chi connectivity index (χ4v) is 3.81. The van der Waals surface area contributed by atoms with Crippen molar-refractivity contribution in [3.05, 3.63) is 23.2 Å².